The summed E-state index contributed by atoms with van der Waals surface area (Å²) in [7, 11) is 0. The Hall–Kier alpha value is -2.25. The number of anilines is 2. The molecule has 1 amide bonds. The van der Waals surface area contributed by atoms with E-state index >= 15 is 0 Å². The van der Waals surface area contributed by atoms with Gasteiger partial charge in [0.15, 0.2) is 0 Å². The van der Waals surface area contributed by atoms with Crippen molar-refractivity contribution in [2.24, 2.45) is 0 Å². The fourth-order valence-electron chi connectivity index (χ4n) is 2.89. The minimum Gasteiger partial charge on any atom is -0.351 e. The number of hydrogen-bond donors (Lipinski definition) is 1. The topological polar surface area (TPSA) is 61.4 Å². The molecule has 3 heterocycles. The molecule has 1 saturated heterocycles. The molecule has 0 aliphatic carbocycles. The number of halogens is 2. The van der Waals surface area contributed by atoms with Crippen molar-refractivity contribution in [3.05, 3.63) is 47.5 Å². The smallest absolute Gasteiger partial charge is 0.239 e. The summed E-state index contributed by atoms with van der Waals surface area (Å²) in [5, 5.41) is 3.29. The Morgan fingerprint density at radius 2 is 2.12 bits per heavy atom. The number of amides is 1. The van der Waals surface area contributed by atoms with Gasteiger partial charge in [0, 0.05) is 31.9 Å². The van der Waals surface area contributed by atoms with Crippen molar-refractivity contribution in [3.63, 3.8) is 0 Å². The first kappa shape index (κ1) is 17.6. The second-order valence-electron chi connectivity index (χ2n) is 6.02. The van der Waals surface area contributed by atoms with Crippen LogP contribution in [0.15, 0.2) is 36.7 Å². The third-order valence-corrected chi connectivity index (χ3v) is 4.30. The lowest BCUT2D eigenvalue weighted by molar-refractivity contribution is -0.117. The molecule has 1 N–H and O–H groups in total. The van der Waals surface area contributed by atoms with Crippen molar-refractivity contribution in [3.8, 4) is 0 Å². The standard InChI is InChI=1S/C17H19ClFN5O/c1-12-10-23(6-7-24(12)16-5-3-14(19)9-21-16)11-17(25)22-15-4-2-13(18)8-20-15/h2-5,8-9,12H,6-7,10-11H2,1H3,(H,20,22,25). The highest BCUT2D eigenvalue weighted by Gasteiger charge is 2.25. The highest BCUT2D eigenvalue weighted by Crippen LogP contribution is 2.18. The Bertz CT molecular complexity index is 725. The maximum absolute atomic E-state index is 13.0. The van der Waals surface area contributed by atoms with E-state index in [1.54, 1.807) is 18.2 Å². The summed E-state index contributed by atoms with van der Waals surface area (Å²) in [4.78, 5) is 24.6. The zero-order chi connectivity index (χ0) is 17.8. The van der Waals surface area contributed by atoms with Gasteiger partial charge in [0.05, 0.1) is 17.8 Å². The van der Waals surface area contributed by atoms with E-state index in [1.165, 1.54) is 18.5 Å². The number of carbonyl (C=O) groups excluding carboxylic acids is 1. The van der Waals surface area contributed by atoms with Crippen LogP contribution in [0.5, 0.6) is 0 Å². The van der Waals surface area contributed by atoms with Gasteiger partial charge in [-0.1, -0.05) is 11.6 Å². The summed E-state index contributed by atoms with van der Waals surface area (Å²) >= 11 is 5.78. The maximum Gasteiger partial charge on any atom is 0.239 e. The van der Waals surface area contributed by atoms with E-state index in [1.807, 2.05) is 0 Å². The molecule has 132 valence electrons. The van der Waals surface area contributed by atoms with Gasteiger partial charge in [-0.05, 0) is 31.2 Å². The average molecular weight is 364 g/mol. The predicted octanol–water partition coefficient (Wildman–Crippen LogP) is 2.42. The fourth-order valence-corrected chi connectivity index (χ4v) is 3.00. The second kappa shape index (κ2) is 7.76. The van der Waals surface area contributed by atoms with Crippen molar-refractivity contribution in [1.29, 1.82) is 0 Å². The van der Waals surface area contributed by atoms with E-state index in [0.29, 0.717) is 17.4 Å². The van der Waals surface area contributed by atoms with E-state index in [2.05, 4.69) is 32.0 Å². The van der Waals surface area contributed by atoms with E-state index in [4.69, 9.17) is 11.6 Å². The van der Waals surface area contributed by atoms with Crippen LogP contribution >= 0.6 is 11.6 Å². The minimum atomic E-state index is -0.345. The van der Waals surface area contributed by atoms with Gasteiger partial charge in [-0.3, -0.25) is 9.69 Å². The third kappa shape index (κ3) is 4.64. The third-order valence-electron chi connectivity index (χ3n) is 4.08. The highest BCUT2D eigenvalue weighted by molar-refractivity contribution is 6.30. The highest BCUT2D eigenvalue weighted by atomic mass is 35.5. The lowest BCUT2D eigenvalue weighted by atomic mass is 10.2. The molecule has 1 aliphatic heterocycles. The molecule has 0 saturated carbocycles. The van der Waals surface area contributed by atoms with Crippen LogP contribution in [0, 0.1) is 5.82 Å². The molecule has 0 bridgehead atoms. The largest absolute Gasteiger partial charge is 0.351 e. The second-order valence-corrected chi connectivity index (χ2v) is 6.46. The molecule has 2 aromatic heterocycles. The molecule has 1 unspecified atom stereocenters. The first-order valence-electron chi connectivity index (χ1n) is 8.03. The molecule has 6 nitrogen and oxygen atoms in total. The van der Waals surface area contributed by atoms with Crippen LogP contribution in [0.1, 0.15) is 6.92 Å². The normalized spacial score (nSPS) is 18.2. The Morgan fingerprint density at radius 1 is 1.28 bits per heavy atom. The summed E-state index contributed by atoms with van der Waals surface area (Å²) in [6, 6.07) is 6.61. The van der Waals surface area contributed by atoms with Crippen LogP contribution in [0.3, 0.4) is 0 Å². The maximum atomic E-state index is 13.0. The Balaban J connectivity index is 1.53. The summed E-state index contributed by atoms with van der Waals surface area (Å²) in [6.45, 7) is 4.53. The van der Waals surface area contributed by atoms with E-state index < -0.39 is 0 Å². The zero-order valence-corrected chi connectivity index (χ0v) is 14.6. The first-order valence-corrected chi connectivity index (χ1v) is 8.41. The molecule has 2 aromatic rings. The SMILES string of the molecule is CC1CN(CC(=O)Nc2ccc(Cl)cn2)CCN1c1ccc(F)cn1. The summed E-state index contributed by atoms with van der Waals surface area (Å²) < 4.78 is 13.0. The Labute approximate surface area is 150 Å². The number of carbonyl (C=O) groups is 1. The van der Waals surface area contributed by atoms with Crippen molar-refractivity contribution < 1.29 is 9.18 Å². The Morgan fingerprint density at radius 3 is 2.76 bits per heavy atom. The van der Waals surface area contributed by atoms with Crippen molar-refractivity contribution in [2.45, 2.75) is 13.0 Å². The van der Waals surface area contributed by atoms with Gasteiger partial charge >= 0.3 is 0 Å². The molecule has 0 spiro atoms. The fraction of sp³-hybridized carbons (Fsp3) is 0.353. The summed E-state index contributed by atoms with van der Waals surface area (Å²) in [5.74, 6) is 0.776. The summed E-state index contributed by atoms with van der Waals surface area (Å²) in [5.41, 5.74) is 0. The molecular weight excluding hydrogens is 345 g/mol. The minimum absolute atomic E-state index is 0.115. The van der Waals surface area contributed by atoms with Crippen LogP contribution < -0.4 is 10.2 Å². The lowest BCUT2D eigenvalue weighted by Crippen LogP contribution is -2.53. The van der Waals surface area contributed by atoms with Crippen LogP contribution in [0.2, 0.25) is 5.02 Å². The zero-order valence-electron chi connectivity index (χ0n) is 13.8. The van der Waals surface area contributed by atoms with Crippen LogP contribution in [-0.2, 0) is 4.79 Å². The van der Waals surface area contributed by atoms with Crippen LogP contribution in [-0.4, -0.2) is 53.0 Å². The molecule has 25 heavy (non-hydrogen) atoms. The number of rotatable bonds is 4. The molecule has 8 heteroatoms. The van der Waals surface area contributed by atoms with Gasteiger partial charge in [0.1, 0.15) is 17.5 Å². The van der Waals surface area contributed by atoms with Gasteiger partial charge in [0.2, 0.25) is 5.91 Å². The number of piperazine rings is 1. The molecule has 3 rings (SSSR count). The van der Waals surface area contributed by atoms with Gasteiger partial charge < -0.3 is 10.2 Å². The van der Waals surface area contributed by atoms with Gasteiger partial charge in [-0.2, -0.15) is 0 Å². The molecular formula is C17H19ClFN5O. The van der Waals surface area contributed by atoms with Gasteiger partial charge in [-0.25, -0.2) is 14.4 Å². The lowest BCUT2D eigenvalue weighted by Gasteiger charge is -2.40. The number of hydrogen-bond acceptors (Lipinski definition) is 5. The Kier molecular flexibility index (Phi) is 5.45. The van der Waals surface area contributed by atoms with E-state index in [9.17, 15) is 9.18 Å². The van der Waals surface area contributed by atoms with Gasteiger partial charge in [0.25, 0.3) is 0 Å². The molecule has 1 aliphatic rings. The van der Waals surface area contributed by atoms with Crippen LogP contribution in [0.4, 0.5) is 16.0 Å². The number of pyridine rings is 2. The number of nitrogens with zero attached hydrogens (tertiary/aromatic N) is 4. The molecule has 1 fully saturated rings. The van der Waals surface area contributed by atoms with Crippen LogP contribution in [0.25, 0.3) is 0 Å². The van der Waals surface area contributed by atoms with Crippen molar-refractivity contribution >= 4 is 29.1 Å². The first-order chi connectivity index (χ1) is 12.0. The van der Waals surface area contributed by atoms with E-state index in [-0.39, 0.29) is 17.8 Å². The van der Waals surface area contributed by atoms with Crippen molar-refractivity contribution in [2.75, 3.05) is 36.4 Å². The average Bonchev–Trinajstić information content (AvgIpc) is 2.58. The van der Waals surface area contributed by atoms with Gasteiger partial charge in [-0.15, -0.1) is 0 Å². The monoisotopic (exact) mass is 363 g/mol. The predicted molar refractivity (Wildman–Crippen MR) is 95.3 cm³/mol. The molecule has 1 atom stereocenters. The number of aromatic nitrogens is 2. The van der Waals surface area contributed by atoms with E-state index in [0.717, 1.165) is 25.5 Å². The molecule has 0 radical (unpaired) electrons. The quantitative estimate of drug-likeness (QED) is 0.904. The summed E-state index contributed by atoms with van der Waals surface area (Å²) in [6.07, 6.45) is 2.72. The molecule has 0 aromatic carbocycles. The number of nitrogens with one attached hydrogen (secondary N) is 1. The van der Waals surface area contributed by atoms with Crippen molar-refractivity contribution in [1.82, 2.24) is 14.9 Å².